The number of alkyl halides is 33. The Morgan fingerprint density at radius 3 is 0.519 bits per heavy atom. The van der Waals surface area contributed by atoms with Crippen LogP contribution < -0.4 is 0 Å². The van der Waals surface area contributed by atoms with Crippen molar-refractivity contribution < 1.29 is 155 Å². The summed E-state index contributed by atoms with van der Waals surface area (Å²) >= 11 is 0. The van der Waals surface area contributed by atoms with Gasteiger partial charge in [0.25, 0.3) is 0 Å². The zero-order chi connectivity index (χ0) is 43.6. The third-order valence-corrected chi connectivity index (χ3v) is 6.21. The maximum absolute atomic E-state index is 13.8. The quantitative estimate of drug-likeness (QED) is 0.177. The molecule has 0 amide bonds. The molecule has 0 saturated carbocycles. The van der Waals surface area contributed by atoms with Gasteiger partial charge in [0.1, 0.15) is 0 Å². The normalized spacial score (nSPS) is 17.1. The fourth-order valence-corrected chi connectivity index (χ4v) is 3.04. The molecule has 52 heavy (non-hydrogen) atoms. The SMILES string of the molecule is O=C(O)C(F)(F)C(F)(F)C(F)(F)C(F)(F)C(F)(F)C(F)(F)C(F)(F)C(F)(F)C(F)(F)C(F)(F)C(F)(F)C(F)(F)C(F)(F)C(F)(C(F)(F)F)C(F)(F)F. The van der Waals surface area contributed by atoms with E-state index in [4.69, 9.17) is 5.11 Å². The molecule has 0 fully saturated rings. The summed E-state index contributed by atoms with van der Waals surface area (Å²) in [4.78, 5) is 9.94. The van der Waals surface area contributed by atoms with Gasteiger partial charge in [-0.25, -0.2) is 9.18 Å². The molecule has 0 aromatic carbocycles. The summed E-state index contributed by atoms with van der Waals surface area (Å²) in [5.74, 6) is -132. The third kappa shape index (κ3) is 5.26. The van der Waals surface area contributed by atoms with Crippen LogP contribution in [0.3, 0.4) is 0 Å². The van der Waals surface area contributed by atoms with Crippen molar-refractivity contribution in [2.75, 3.05) is 0 Å². The van der Waals surface area contributed by atoms with E-state index < -0.39 is 101 Å². The summed E-state index contributed by atoms with van der Waals surface area (Å²) in [6.07, 6.45) is -17.8. The van der Waals surface area contributed by atoms with Gasteiger partial charge in [-0.3, -0.25) is 0 Å². The first-order valence-electron chi connectivity index (χ1n) is 10.7. The van der Waals surface area contributed by atoms with Crippen LogP contribution >= 0.6 is 0 Å². The molecule has 0 aliphatic heterocycles. The fraction of sp³-hybridized carbons (Fsp3) is 0.941. The predicted octanol–water partition coefficient (Wildman–Crippen LogP) is 10.2. The van der Waals surface area contributed by atoms with Gasteiger partial charge in [-0.05, 0) is 0 Å². The van der Waals surface area contributed by atoms with E-state index in [2.05, 4.69) is 0 Å². The number of hydrogen-bond donors (Lipinski definition) is 1. The van der Waals surface area contributed by atoms with Crippen molar-refractivity contribution in [3.05, 3.63) is 0 Å². The lowest BCUT2D eigenvalue weighted by molar-refractivity contribution is -0.492. The zero-order valence-electron chi connectivity index (χ0n) is 21.8. The Balaban J connectivity index is 7.85. The van der Waals surface area contributed by atoms with Crippen LogP contribution in [0.5, 0.6) is 0 Å². The van der Waals surface area contributed by atoms with Crippen LogP contribution in [0.25, 0.3) is 0 Å². The van der Waals surface area contributed by atoms with Gasteiger partial charge in [-0.2, -0.15) is 140 Å². The predicted molar refractivity (Wildman–Crippen MR) is 87.9 cm³/mol. The van der Waals surface area contributed by atoms with E-state index in [-0.39, 0.29) is 0 Å². The highest BCUT2D eigenvalue weighted by Crippen LogP contribution is 2.70. The summed E-state index contributed by atoms with van der Waals surface area (Å²) in [7, 11) is 0. The second kappa shape index (κ2) is 11.6. The molecule has 0 aliphatic carbocycles. The number of hydrogen-bond acceptors (Lipinski definition) is 1. The summed E-state index contributed by atoms with van der Waals surface area (Å²) in [5, 5.41) is 7.66. The van der Waals surface area contributed by atoms with Crippen LogP contribution in [-0.2, 0) is 4.79 Å². The maximum Gasteiger partial charge on any atom is 0.438 e. The number of carboxylic acid groups (broad SMARTS) is 1. The van der Waals surface area contributed by atoms with Crippen molar-refractivity contribution in [1.29, 1.82) is 0 Å². The summed E-state index contributed by atoms with van der Waals surface area (Å²) in [6, 6.07) is 0. The van der Waals surface area contributed by atoms with Crippen LogP contribution in [0.1, 0.15) is 0 Å². The molecular weight excluding hydrogens is 863 g/mol. The van der Waals surface area contributed by atoms with Gasteiger partial charge >= 0.3 is 101 Å². The Kier molecular flexibility index (Phi) is 11.0. The van der Waals surface area contributed by atoms with Crippen molar-refractivity contribution in [1.82, 2.24) is 0 Å². The Hall–Kier alpha value is -2.84. The minimum absolute atomic E-state index is 4.85. The van der Waals surface area contributed by atoms with Gasteiger partial charge < -0.3 is 5.11 Å². The van der Waals surface area contributed by atoms with Crippen molar-refractivity contribution >= 4 is 5.97 Å². The summed E-state index contributed by atoms with van der Waals surface area (Å²) in [6.45, 7) is 0. The zero-order valence-corrected chi connectivity index (χ0v) is 21.8. The Morgan fingerprint density at radius 1 is 0.250 bits per heavy atom. The molecule has 0 rings (SSSR count). The number of rotatable bonds is 14. The topological polar surface area (TPSA) is 37.3 Å². The first-order chi connectivity index (χ1) is 21.7. The third-order valence-electron chi connectivity index (χ3n) is 6.21. The number of carbonyl (C=O) groups is 1. The number of aliphatic carboxylic acids is 1. The summed E-state index contributed by atoms with van der Waals surface area (Å²) < 4.78 is 440. The van der Waals surface area contributed by atoms with E-state index in [0.717, 1.165) is 0 Å². The lowest BCUT2D eigenvalue weighted by Crippen LogP contribution is -2.80. The number of carboxylic acids is 1. The van der Waals surface area contributed by atoms with Crippen LogP contribution in [0.2, 0.25) is 0 Å². The van der Waals surface area contributed by atoms with Gasteiger partial charge in [0, 0.05) is 0 Å². The second-order valence-electron chi connectivity index (χ2n) is 9.43. The molecule has 35 heteroatoms. The molecule has 1 N–H and O–H groups in total. The van der Waals surface area contributed by atoms with Crippen LogP contribution in [0.15, 0.2) is 0 Å². The first-order valence-corrected chi connectivity index (χ1v) is 10.7. The average molecular weight is 864 g/mol. The molecule has 0 spiro atoms. The Morgan fingerprint density at radius 2 is 0.385 bits per heavy atom. The molecule has 0 heterocycles. The Labute approximate surface area is 257 Å². The van der Waals surface area contributed by atoms with E-state index in [0.29, 0.717) is 0 Å². The highest BCUT2D eigenvalue weighted by atomic mass is 19.4. The highest BCUT2D eigenvalue weighted by molar-refractivity contribution is 5.77. The fourth-order valence-electron chi connectivity index (χ4n) is 3.04. The standard InChI is InChI=1S/C17HF33O2/c18-2(19,1(51)52)4(21,22)6(25,26)8(29,30)10(33,34)12(37,38)14(41,42)15(43,44)13(39,40)11(35,36)9(31,32)7(27,28)5(23,24)3(20,16(45,46)47)17(48,49)50/h(H,51,52). The lowest BCUT2D eigenvalue weighted by atomic mass is 9.81. The smallest absolute Gasteiger partial charge is 0.438 e. The van der Waals surface area contributed by atoms with Gasteiger partial charge in [0.2, 0.25) is 0 Å². The molecule has 0 saturated heterocycles. The van der Waals surface area contributed by atoms with E-state index in [9.17, 15) is 150 Å². The van der Waals surface area contributed by atoms with Crippen LogP contribution in [0, 0.1) is 0 Å². The molecule has 2 nitrogen and oxygen atoms in total. The molecule has 0 aromatic heterocycles. The molecular formula is C17HF33O2. The molecule has 0 aliphatic rings. The van der Waals surface area contributed by atoms with Gasteiger partial charge in [-0.1, -0.05) is 0 Å². The van der Waals surface area contributed by atoms with Crippen molar-refractivity contribution in [3.63, 3.8) is 0 Å². The minimum atomic E-state index is -10.3. The molecule has 0 atom stereocenters. The van der Waals surface area contributed by atoms with Gasteiger partial charge in [0.05, 0.1) is 0 Å². The first kappa shape index (κ1) is 49.2. The summed E-state index contributed by atoms with van der Waals surface area (Å²) in [5.41, 5.74) is -9.44. The molecule has 312 valence electrons. The molecule has 0 bridgehead atoms. The van der Waals surface area contributed by atoms with Crippen molar-refractivity contribution in [3.8, 4) is 0 Å². The molecule has 0 aromatic rings. The maximum atomic E-state index is 13.8. The van der Waals surface area contributed by atoms with E-state index in [1.807, 2.05) is 0 Å². The van der Waals surface area contributed by atoms with Crippen LogP contribution in [0.4, 0.5) is 145 Å². The van der Waals surface area contributed by atoms with Crippen LogP contribution in [-0.4, -0.2) is 106 Å². The second-order valence-corrected chi connectivity index (χ2v) is 9.43. The minimum Gasteiger partial charge on any atom is -0.477 e. The van der Waals surface area contributed by atoms with Crippen molar-refractivity contribution in [2.24, 2.45) is 0 Å². The lowest BCUT2D eigenvalue weighted by Gasteiger charge is -2.47. The van der Waals surface area contributed by atoms with E-state index in [1.54, 1.807) is 0 Å². The Bertz CT molecular complexity index is 1330. The van der Waals surface area contributed by atoms with E-state index >= 15 is 0 Å². The molecule has 0 unspecified atom stereocenters. The van der Waals surface area contributed by atoms with Crippen molar-refractivity contribution in [2.45, 2.75) is 95.0 Å². The largest absolute Gasteiger partial charge is 0.477 e. The monoisotopic (exact) mass is 864 g/mol. The molecule has 0 radical (unpaired) electrons. The van der Waals surface area contributed by atoms with Gasteiger partial charge in [-0.15, -0.1) is 0 Å². The average Bonchev–Trinajstić information content (AvgIpc) is 2.89. The highest BCUT2D eigenvalue weighted by Gasteiger charge is 3.02. The van der Waals surface area contributed by atoms with Gasteiger partial charge in [0.15, 0.2) is 0 Å². The van der Waals surface area contributed by atoms with E-state index in [1.165, 1.54) is 0 Å². The number of halogens is 33.